The van der Waals surface area contributed by atoms with Crippen LogP contribution in [-0.4, -0.2) is 70.1 Å². The van der Waals surface area contributed by atoms with Crippen LogP contribution in [0.15, 0.2) is 4.99 Å². The number of likely N-dealkylation sites (tertiary alicyclic amines) is 1. The van der Waals surface area contributed by atoms with Gasteiger partial charge in [0.2, 0.25) is 0 Å². The fourth-order valence-electron chi connectivity index (χ4n) is 2.75. The van der Waals surface area contributed by atoms with Gasteiger partial charge in [0.15, 0.2) is 15.8 Å². The van der Waals surface area contributed by atoms with Crippen LogP contribution in [0.3, 0.4) is 0 Å². The van der Waals surface area contributed by atoms with Crippen LogP contribution in [0.1, 0.15) is 19.3 Å². The van der Waals surface area contributed by atoms with Crippen LogP contribution >= 0.6 is 24.0 Å². The Morgan fingerprint density at radius 1 is 1.40 bits per heavy atom. The van der Waals surface area contributed by atoms with Crippen molar-refractivity contribution in [2.24, 2.45) is 4.99 Å². The number of halogens is 1. The van der Waals surface area contributed by atoms with Crippen molar-refractivity contribution in [3.63, 3.8) is 0 Å². The highest BCUT2D eigenvalue weighted by molar-refractivity contribution is 14.0. The number of likely N-dealkylation sites (N-methyl/N-ethyl adjacent to an activating group) is 1. The standard InChI is InChI=1S/C12H24N4O2S.HI/c1-13-12(14-8-11-4-3-6-16(11)2)15-10-5-7-19(17,18)9-10;/h10-11H,3-9H2,1-2H3,(H2,13,14,15);1H. The number of hydrogen-bond donors (Lipinski definition) is 2. The van der Waals surface area contributed by atoms with Crippen molar-refractivity contribution in [2.45, 2.75) is 31.3 Å². The summed E-state index contributed by atoms with van der Waals surface area (Å²) in [5, 5.41) is 6.50. The third-order valence-corrected chi connectivity index (χ3v) is 5.74. The summed E-state index contributed by atoms with van der Waals surface area (Å²) < 4.78 is 22.8. The molecule has 0 aromatic carbocycles. The number of sulfone groups is 1. The topological polar surface area (TPSA) is 73.8 Å². The molecular weight excluding hydrogens is 391 g/mol. The zero-order valence-corrected chi connectivity index (χ0v) is 15.3. The van der Waals surface area contributed by atoms with Crippen molar-refractivity contribution in [1.29, 1.82) is 0 Å². The average Bonchev–Trinajstić information content (AvgIpc) is 2.91. The van der Waals surface area contributed by atoms with E-state index in [1.165, 1.54) is 12.8 Å². The lowest BCUT2D eigenvalue weighted by atomic mass is 10.2. The number of guanidine groups is 1. The first-order chi connectivity index (χ1) is 9.00. The Labute approximate surface area is 138 Å². The molecule has 2 rings (SSSR count). The lowest BCUT2D eigenvalue weighted by Crippen LogP contribution is -2.47. The molecule has 2 atom stereocenters. The summed E-state index contributed by atoms with van der Waals surface area (Å²) >= 11 is 0. The van der Waals surface area contributed by atoms with Gasteiger partial charge in [-0.3, -0.25) is 4.99 Å². The molecule has 6 nitrogen and oxygen atoms in total. The molecule has 0 radical (unpaired) electrons. The van der Waals surface area contributed by atoms with E-state index in [0.717, 1.165) is 13.1 Å². The first-order valence-corrected chi connectivity index (χ1v) is 8.70. The molecule has 2 heterocycles. The minimum absolute atomic E-state index is 0. The van der Waals surface area contributed by atoms with Gasteiger partial charge in [0, 0.05) is 25.7 Å². The normalized spacial score (nSPS) is 30.0. The van der Waals surface area contributed by atoms with Crippen LogP contribution in [0.5, 0.6) is 0 Å². The second kappa shape index (κ2) is 7.79. The maximum atomic E-state index is 11.4. The summed E-state index contributed by atoms with van der Waals surface area (Å²) in [6, 6.07) is 0.545. The molecular formula is C12H25IN4O2S. The van der Waals surface area contributed by atoms with Gasteiger partial charge in [0.1, 0.15) is 0 Å². The SMILES string of the molecule is CN=C(NCC1CCCN1C)NC1CCS(=O)(=O)C1.I. The van der Waals surface area contributed by atoms with Gasteiger partial charge < -0.3 is 15.5 Å². The van der Waals surface area contributed by atoms with Crippen molar-refractivity contribution >= 4 is 39.8 Å². The zero-order chi connectivity index (χ0) is 13.9. The summed E-state index contributed by atoms with van der Waals surface area (Å²) in [6.45, 7) is 2.01. The molecule has 8 heteroatoms. The zero-order valence-electron chi connectivity index (χ0n) is 12.1. The van der Waals surface area contributed by atoms with E-state index in [1.54, 1.807) is 7.05 Å². The van der Waals surface area contributed by atoms with E-state index in [4.69, 9.17) is 0 Å². The number of hydrogen-bond acceptors (Lipinski definition) is 4. The molecule has 2 saturated heterocycles. The largest absolute Gasteiger partial charge is 0.355 e. The second-order valence-corrected chi connectivity index (χ2v) is 7.70. The van der Waals surface area contributed by atoms with Crippen LogP contribution in [0.2, 0.25) is 0 Å². The molecule has 2 N–H and O–H groups in total. The Hall–Kier alpha value is -0.0900. The molecule has 0 aromatic heterocycles. The third kappa shape index (κ3) is 5.03. The van der Waals surface area contributed by atoms with E-state index < -0.39 is 9.84 Å². The number of rotatable bonds is 3. The van der Waals surface area contributed by atoms with E-state index in [9.17, 15) is 8.42 Å². The Balaban J connectivity index is 0.00000200. The molecule has 2 unspecified atom stereocenters. The molecule has 2 aliphatic rings. The van der Waals surface area contributed by atoms with Crippen molar-refractivity contribution in [2.75, 3.05) is 38.7 Å². The minimum Gasteiger partial charge on any atom is -0.355 e. The van der Waals surface area contributed by atoms with E-state index >= 15 is 0 Å². The predicted octanol–water partition coefficient (Wildman–Crippen LogP) is 0.0507. The molecule has 0 aliphatic carbocycles. The van der Waals surface area contributed by atoms with Gasteiger partial charge in [-0.2, -0.15) is 0 Å². The van der Waals surface area contributed by atoms with Crippen LogP contribution in [0.4, 0.5) is 0 Å². The predicted molar refractivity (Wildman–Crippen MR) is 92.6 cm³/mol. The van der Waals surface area contributed by atoms with Crippen LogP contribution in [0.25, 0.3) is 0 Å². The monoisotopic (exact) mass is 416 g/mol. The quantitative estimate of drug-likeness (QED) is 0.387. The summed E-state index contributed by atoms with van der Waals surface area (Å²) in [6.07, 6.45) is 3.13. The van der Waals surface area contributed by atoms with E-state index in [2.05, 4.69) is 27.6 Å². The van der Waals surface area contributed by atoms with Gasteiger partial charge in [-0.05, 0) is 32.9 Å². The Kier molecular flexibility index (Phi) is 6.99. The molecule has 0 aromatic rings. The van der Waals surface area contributed by atoms with E-state index in [0.29, 0.717) is 18.4 Å². The highest BCUT2D eigenvalue weighted by Crippen LogP contribution is 2.14. The molecule has 2 aliphatic heterocycles. The molecule has 118 valence electrons. The fourth-order valence-corrected chi connectivity index (χ4v) is 4.42. The van der Waals surface area contributed by atoms with Crippen molar-refractivity contribution in [3.8, 4) is 0 Å². The Bertz CT molecular complexity index is 441. The highest BCUT2D eigenvalue weighted by atomic mass is 127. The van der Waals surface area contributed by atoms with E-state index in [-0.39, 0.29) is 41.5 Å². The van der Waals surface area contributed by atoms with Gasteiger partial charge in [-0.15, -0.1) is 24.0 Å². The molecule has 0 amide bonds. The van der Waals surface area contributed by atoms with Gasteiger partial charge in [0.05, 0.1) is 11.5 Å². The summed E-state index contributed by atoms with van der Waals surface area (Å²) in [5.41, 5.74) is 0. The molecule has 0 saturated carbocycles. The second-order valence-electron chi connectivity index (χ2n) is 5.47. The number of aliphatic imine (C=N–C) groups is 1. The maximum Gasteiger partial charge on any atom is 0.191 e. The van der Waals surface area contributed by atoms with Crippen molar-refractivity contribution in [3.05, 3.63) is 0 Å². The lowest BCUT2D eigenvalue weighted by molar-refractivity contribution is 0.309. The minimum atomic E-state index is -2.84. The van der Waals surface area contributed by atoms with E-state index in [1.807, 2.05) is 0 Å². The molecule has 0 spiro atoms. The van der Waals surface area contributed by atoms with Gasteiger partial charge >= 0.3 is 0 Å². The lowest BCUT2D eigenvalue weighted by Gasteiger charge is -2.22. The Morgan fingerprint density at radius 2 is 2.15 bits per heavy atom. The van der Waals surface area contributed by atoms with Gasteiger partial charge in [-0.1, -0.05) is 0 Å². The summed E-state index contributed by atoms with van der Waals surface area (Å²) in [5.74, 6) is 1.21. The highest BCUT2D eigenvalue weighted by Gasteiger charge is 2.28. The average molecular weight is 416 g/mol. The third-order valence-electron chi connectivity index (χ3n) is 3.97. The smallest absolute Gasteiger partial charge is 0.191 e. The van der Waals surface area contributed by atoms with Crippen LogP contribution < -0.4 is 10.6 Å². The van der Waals surface area contributed by atoms with Crippen molar-refractivity contribution < 1.29 is 8.42 Å². The maximum absolute atomic E-state index is 11.4. The summed E-state index contributed by atoms with van der Waals surface area (Å²) in [7, 11) is 1.02. The first-order valence-electron chi connectivity index (χ1n) is 6.88. The molecule has 0 bridgehead atoms. The Morgan fingerprint density at radius 3 is 2.65 bits per heavy atom. The number of nitrogens with zero attached hydrogens (tertiary/aromatic N) is 2. The number of nitrogens with one attached hydrogen (secondary N) is 2. The first kappa shape index (κ1) is 18.0. The van der Waals surface area contributed by atoms with Crippen LogP contribution in [-0.2, 0) is 9.84 Å². The van der Waals surface area contributed by atoms with Crippen LogP contribution in [0, 0.1) is 0 Å². The van der Waals surface area contributed by atoms with Gasteiger partial charge in [0.25, 0.3) is 0 Å². The van der Waals surface area contributed by atoms with Crippen molar-refractivity contribution in [1.82, 2.24) is 15.5 Å². The summed E-state index contributed by atoms with van der Waals surface area (Å²) in [4.78, 5) is 6.51. The molecule has 2 fully saturated rings. The fraction of sp³-hybridized carbons (Fsp3) is 0.917. The molecule has 20 heavy (non-hydrogen) atoms. The van der Waals surface area contributed by atoms with Gasteiger partial charge in [-0.25, -0.2) is 8.42 Å².